The summed E-state index contributed by atoms with van der Waals surface area (Å²) in [5.41, 5.74) is 3.95. The van der Waals surface area contributed by atoms with Gasteiger partial charge in [0.05, 0.1) is 12.1 Å². The van der Waals surface area contributed by atoms with E-state index in [0.717, 1.165) is 37.7 Å². The van der Waals surface area contributed by atoms with Crippen LogP contribution in [0.5, 0.6) is 0 Å². The van der Waals surface area contributed by atoms with Gasteiger partial charge in [0, 0.05) is 30.0 Å². The number of fused-ring (bicyclic) bond motifs is 1. The van der Waals surface area contributed by atoms with Gasteiger partial charge in [-0.3, -0.25) is 0 Å². The lowest BCUT2D eigenvalue weighted by Crippen LogP contribution is -2.47. The van der Waals surface area contributed by atoms with Crippen molar-refractivity contribution in [1.82, 2.24) is 4.72 Å². The summed E-state index contributed by atoms with van der Waals surface area (Å²) in [7, 11) is 1.82. The monoisotopic (exact) mass is 399 g/mol. The van der Waals surface area contributed by atoms with Crippen molar-refractivity contribution in [3.8, 4) is 11.8 Å². The van der Waals surface area contributed by atoms with Crippen LogP contribution in [-0.2, 0) is 22.5 Å². The van der Waals surface area contributed by atoms with Gasteiger partial charge in [-0.2, -0.15) is 0 Å². The van der Waals surface area contributed by atoms with Crippen molar-refractivity contribution in [1.29, 1.82) is 0 Å². The summed E-state index contributed by atoms with van der Waals surface area (Å²) >= 11 is -1.10. The highest BCUT2D eigenvalue weighted by Crippen LogP contribution is 2.55. The van der Waals surface area contributed by atoms with Crippen LogP contribution in [0.3, 0.4) is 0 Å². The molecule has 2 fully saturated rings. The number of methoxy groups -OCH3 is 1. The number of benzene rings is 1. The minimum Gasteiger partial charge on any atom is -0.598 e. The maximum atomic E-state index is 13.0. The number of nitrogens with one attached hydrogen (secondary N) is 1. The smallest absolute Gasteiger partial charge is 0.136 e. The third kappa shape index (κ3) is 4.14. The minimum atomic E-state index is -1.10. The Bertz CT molecular complexity index is 776. The van der Waals surface area contributed by atoms with E-state index < -0.39 is 11.4 Å². The molecule has 1 aromatic carbocycles. The molecule has 2 unspecified atom stereocenters. The zero-order valence-corrected chi connectivity index (χ0v) is 18.5. The van der Waals surface area contributed by atoms with E-state index in [0.29, 0.717) is 12.0 Å². The molecule has 2 saturated carbocycles. The van der Waals surface area contributed by atoms with Crippen LogP contribution in [-0.4, -0.2) is 22.5 Å². The number of hydrogen-bond acceptors (Lipinski definition) is 3. The molecule has 4 heteroatoms. The third-order valence-electron chi connectivity index (χ3n) is 6.65. The average molecular weight is 400 g/mol. The average Bonchev–Trinajstić information content (AvgIpc) is 3.45. The lowest BCUT2D eigenvalue weighted by Gasteiger charge is -2.42. The number of rotatable bonds is 3. The van der Waals surface area contributed by atoms with Gasteiger partial charge in [-0.05, 0) is 94.4 Å². The normalized spacial score (nSPS) is 30.6. The first-order valence-electron chi connectivity index (χ1n) is 10.7. The van der Waals surface area contributed by atoms with Gasteiger partial charge in [-0.15, -0.1) is 4.72 Å². The van der Waals surface area contributed by atoms with Crippen LogP contribution in [0.15, 0.2) is 18.2 Å². The fraction of sp³-hybridized carbons (Fsp3) is 0.667. The summed E-state index contributed by atoms with van der Waals surface area (Å²) in [5, 5.41) is 0. The summed E-state index contributed by atoms with van der Waals surface area (Å²) in [6, 6.07) is 6.83. The Hall–Kier alpha value is -0.990. The molecule has 3 nitrogen and oxygen atoms in total. The molecule has 3 aliphatic rings. The van der Waals surface area contributed by atoms with E-state index in [-0.39, 0.29) is 16.2 Å². The number of hydrogen-bond donors (Lipinski definition) is 1. The third-order valence-corrected chi connectivity index (χ3v) is 8.21. The molecule has 0 bridgehead atoms. The summed E-state index contributed by atoms with van der Waals surface area (Å²) in [5.74, 6) is 7.36. The fourth-order valence-corrected chi connectivity index (χ4v) is 5.61. The van der Waals surface area contributed by atoms with Gasteiger partial charge < -0.3 is 9.29 Å². The highest BCUT2D eigenvalue weighted by molar-refractivity contribution is 7.90. The fourth-order valence-electron chi connectivity index (χ4n) is 4.67. The van der Waals surface area contributed by atoms with Gasteiger partial charge >= 0.3 is 0 Å². The molecule has 0 radical (unpaired) electrons. The molecule has 0 saturated heterocycles. The van der Waals surface area contributed by atoms with Crippen molar-refractivity contribution >= 4 is 11.4 Å². The first kappa shape index (κ1) is 20.3. The zero-order chi connectivity index (χ0) is 19.9. The van der Waals surface area contributed by atoms with Gasteiger partial charge in [0.25, 0.3) is 0 Å². The molecule has 0 heterocycles. The summed E-state index contributed by atoms with van der Waals surface area (Å²) < 4.78 is 21.9. The van der Waals surface area contributed by atoms with Crippen molar-refractivity contribution in [2.45, 2.75) is 82.6 Å². The Morgan fingerprint density at radius 2 is 1.89 bits per heavy atom. The van der Waals surface area contributed by atoms with Crippen molar-refractivity contribution in [3.05, 3.63) is 34.9 Å². The van der Waals surface area contributed by atoms with Crippen molar-refractivity contribution in [3.63, 3.8) is 0 Å². The van der Waals surface area contributed by atoms with Gasteiger partial charge in [-0.25, -0.2) is 0 Å². The van der Waals surface area contributed by atoms with Crippen molar-refractivity contribution in [2.24, 2.45) is 11.3 Å². The maximum Gasteiger partial charge on any atom is 0.136 e. The quantitative estimate of drug-likeness (QED) is 0.593. The maximum absolute atomic E-state index is 13.0. The van der Waals surface area contributed by atoms with E-state index in [1.807, 2.05) is 27.9 Å². The Kier molecular flexibility index (Phi) is 5.57. The van der Waals surface area contributed by atoms with Gasteiger partial charge in [-0.1, -0.05) is 17.9 Å². The molecule has 0 aliphatic heterocycles. The second kappa shape index (κ2) is 7.69. The van der Waals surface area contributed by atoms with E-state index >= 15 is 0 Å². The van der Waals surface area contributed by atoms with E-state index in [1.165, 1.54) is 24.0 Å². The van der Waals surface area contributed by atoms with Crippen LogP contribution in [0.25, 0.3) is 0 Å². The summed E-state index contributed by atoms with van der Waals surface area (Å²) in [4.78, 5) is 0. The minimum absolute atomic E-state index is 0.128. The second-order valence-electron chi connectivity index (χ2n) is 9.86. The van der Waals surface area contributed by atoms with E-state index in [4.69, 9.17) is 4.74 Å². The molecule has 1 spiro atoms. The molecule has 28 heavy (non-hydrogen) atoms. The summed E-state index contributed by atoms with van der Waals surface area (Å²) in [6.45, 7) is 6.12. The highest BCUT2D eigenvalue weighted by Gasteiger charge is 2.50. The van der Waals surface area contributed by atoms with Gasteiger partial charge in [0.15, 0.2) is 0 Å². The Labute approximate surface area is 173 Å². The largest absolute Gasteiger partial charge is 0.598 e. The van der Waals surface area contributed by atoms with Crippen LogP contribution >= 0.6 is 0 Å². The Morgan fingerprint density at radius 1 is 1.18 bits per heavy atom. The van der Waals surface area contributed by atoms with Crippen molar-refractivity contribution in [2.75, 3.05) is 7.11 Å². The summed E-state index contributed by atoms with van der Waals surface area (Å²) in [6.07, 6.45) is 8.31. The van der Waals surface area contributed by atoms with Gasteiger partial charge in [0.2, 0.25) is 0 Å². The van der Waals surface area contributed by atoms with Crippen LogP contribution < -0.4 is 4.72 Å². The molecule has 152 valence electrons. The highest BCUT2D eigenvalue weighted by atomic mass is 32.2. The second-order valence-corrected chi connectivity index (χ2v) is 11.9. The number of ether oxygens (including phenoxy) is 1. The predicted octanol–water partition coefficient (Wildman–Crippen LogP) is 4.67. The molecule has 2 atom stereocenters. The first-order valence-corrected chi connectivity index (χ1v) is 11.8. The predicted molar refractivity (Wildman–Crippen MR) is 115 cm³/mol. The van der Waals surface area contributed by atoms with Crippen LogP contribution in [0.4, 0.5) is 0 Å². The topological polar surface area (TPSA) is 44.3 Å². The molecule has 1 aromatic rings. The van der Waals surface area contributed by atoms with E-state index in [2.05, 4.69) is 34.8 Å². The van der Waals surface area contributed by atoms with E-state index in [9.17, 15) is 4.55 Å². The van der Waals surface area contributed by atoms with Gasteiger partial charge in [0.1, 0.15) is 4.75 Å². The Balaban J connectivity index is 1.65. The van der Waals surface area contributed by atoms with Crippen LogP contribution in [0, 0.1) is 23.2 Å². The zero-order valence-electron chi connectivity index (χ0n) is 17.6. The molecular weight excluding hydrogens is 366 g/mol. The van der Waals surface area contributed by atoms with Crippen LogP contribution in [0.2, 0.25) is 0 Å². The molecule has 0 amide bonds. The lowest BCUT2D eigenvalue weighted by atomic mass is 9.69. The molecule has 0 aromatic heterocycles. The Morgan fingerprint density at radius 3 is 2.50 bits per heavy atom. The SMILES string of the molecule is CO[C@H]1CC[C@]2(CC1)Cc1ccc(C#CC3CC3)cc1C2N[S+]([O-])C(C)(C)C. The van der Waals surface area contributed by atoms with Crippen molar-refractivity contribution < 1.29 is 9.29 Å². The van der Waals surface area contributed by atoms with Crippen LogP contribution in [0.1, 0.15) is 82.0 Å². The lowest BCUT2D eigenvalue weighted by molar-refractivity contribution is 0.0186. The first-order chi connectivity index (χ1) is 13.3. The molecule has 3 aliphatic carbocycles. The molecule has 1 N–H and O–H groups in total. The molecular formula is C24H33NO2S. The van der Waals surface area contributed by atoms with E-state index in [1.54, 1.807) is 0 Å². The molecule has 4 rings (SSSR count). The standard InChI is InChI=1S/C24H33NO2S/c1-23(2,3)28(26)25-22-21-15-18(8-7-17-5-6-17)9-10-19(21)16-24(22)13-11-20(27-4)12-14-24/h9-10,15,17,20,22,25H,5-6,11-14,16H2,1-4H3/t20-,22?,24-,28?.